The Bertz CT molecular complexity index is 1090. The average Bonchev–Trinajstić information content (AvgIpc) is 3.00. The predicted molar refractivity (Wildman–Crippen MR) is 121 cm³/mol. The van der Waals surface area contributed by atoms with Crippen LogP contribution in [0.5, 0.6) is 0 Å². The number of carbonyl (C=O) groups excluding carboxylic acids is 3. The van der Waals surface area contributed by atoms with Gasteiger partial charge >= 0.3 is 0 Å². The molecule has 0 unspecified atom stereocenters. The standard InChI is InChI=1S/C24H23N3O3S/c1-24(2,3)19-9-7-16(8-10-19)14-20-22(29)27(23(30)31-20)12-11-26-21(28)18-6-4-5-17(13-18)15-25/h4-10,13-14H,11-12H2,1-3H3,(H,26,28)/b20-14-. The van der Waals surface area contributed by atoms with E-state index in [1.807, 2.05) is 30.3 Å². The fourth-order valence-corrected chi connectivity index (χ4v) is 3.90. The first kappa shape index (κ1) is 22.3. The van der Waals surface area contributed by atoms with Crippen LogP contribution in [0.25, 0.3) is 6.08 Å². The molecule has 3 rings (SSSR count). The molecule has 0 atom stereocenters. The number of thioether (sulfide) groups is 1. The number of hydrogen-bond donors (Lipinski definition) is 1. The zero-order valence-corrected chi connectivity index (χ0v) is 18.5. The predicted octanol–water partition coefficient (Wildman–Crippen LogP) is 4.32. The summed E-state index contributed by atoms with van der Waals surface area (Å²) < 4.78 is 0. The van der Waals surface area contributed by atoms with Gasteiger partial charge in [-0.1, -0.05) is 51.1 Å². The van der Waals surface area contributed by atoms with Crippen molar-refractivity contribution >= 4 is 34.9 Å². The van der Waals surface area contributed by atoms with Crippen LogP contribution in [0.15, 0.2) is 53.4 Å². The maximum atomic E-state index is 12.6. The molecular weight excluding hydrogens is 410 g/mol. The van der Waals surface area contributed by atoms with Crippen molar-refractivity contribution in [2.45, 2.75) is 26.2 Å². The summed E-state index contributed by atoms with van der Waals surface area (Å²) >= 11 is 0.896. The molecule has 1 aliphatic heterocycles. The third kappa shape index (κ3) is 5.41. The quantitative estimate of drug-likeness (QED) is 0.709. The molecule has 158 valence electrons. The summed E-state index contributed by atoms with van der Waals surface area (Å²) in [4.78, 5) is 38.6. The smallest absolute Gasteiger partial charge is 0.293 e. The third-order valence-corrected chi connectivity index (χ3v) is 5.73. The number of amides is 3. The van der Waals surface area contributed by atoms with Gasteiger partial charge in [-0.05, 0) is 52.6 Å². The Kier molecular flexibility index (Phi) is 6.62. The van der Waals surface area contributed by atoms with Gasteiger partial charge in [-0.25, -0.2) is 0 Å². The van der Waals surface area contributed by atoms with Crippen LogP contribution in [-0.4, -0.2) is 35.0 Å². The summed E-state index contributed by atoms with van der Waals surface area (Å²) in [6.07, 6.45) is 1.71. The van der Waals surface area contributed by atoms with Gasteiger partial charge in [0.15, 0.2) is 0 Å². The Hall–Kier alpha value is -3.37. The van der Waals surface area contributed by atoms with Gasteiger partial charge in [-0.15, -0.1) is 0 Å². The van der Waals surface area contributed by atoms with E-state index in [0.29, 0.717) is 16.0 Å². The van der Waals surface area contributed by atoms with Gasteiger partial charge in [0.2, 0.25) is 0 Å². The first-order valence-corrected chi connectivity index (χ1v) is 10.6. The minimum Gasteiger partial charge on any atom is -0.350 e. The van der Waals surface area contributed by atoms with Gasteiger partial charge in [0.1, 0.15) is 0 Å². The lowest BCUT2D eigenvalue weighted by molar-refractivity contribution is -0.122. The number of nitriles is 1. The molecule has 7 heteroatoms. The average molecular weight is 434 g/mol. The fraction of sp³-hybridized carbons (Fsp3) is 0.250. The topological polar surface area (TPSA) is 90.3 Å². The van der Waals surface area contributed by atoms with Crippen molar-refractivity contribution in [2.75, 3.05) is 13.1 Å². The summed E-state index contributed by atoms with van der Waals surface area (Å²) in [5, 5.41) is 11.3. The largest absolute Gasteiger partial charge is 0.350 e. The normalized spacial score (nSPS) is 15.3. The second-order valence-corrected chi connectivity index (χ2v) is 9.15. The van der Waals surface area contributed by atoms with E-state index in [0.717, 1.165) is 22.2 Å². The molecule has 0 saturated carbocycles. The van der Waals surface area contributed by atoms with E-state index in [9.17, 15) is 14.4 Å². The molecule has 1 fully saturated rings. The van der Waals surface area contributed by atoms with Crippen molar-refractivity contribution in [3.8, 4) is 6.07 Å². The molecule has 0 aliphatic carbocycles. The van der Waals surface area contributed by atoms with Crippen molar-refractivity contribution in [3.05, 3.63) is 75.7 Å². The third-order valence-electron chi connectivity index (χ3n) is 4.82. The highest BCUT2D eigenvalue weighted by atomic mass is 32.2. The fourth-order valence-electron chi connectivity index (χ4n) is 3.04. The maximum Gasteiger partial charge on any atom is 0.293 e. The lowest BCUT2D eigenvalue weighted by atomic mass is 9.87. The van der Waals surface area contributed by atoms with Gasteiger partial charge < -0.3 is 5.32 Å². The number of benzene rings is 2. The number of carbonyl (C=O) groups is 3. The maximum absolute atomic E-state index is 12.6. The van der Waals surface area contributed by atoms with Gasteiger partial charge in [-0.2, -0.15) is 5.26 Å². The van der Waals surface area contributed by atoms with E-state index in [-0.39, 0.29) is 35.6 Å². The first-order chi connectivity index (χ1) is 14.7. The molecule has 31 heavy (non-hydrogen) atoms. The zero-order valence-electron chi connectivity index (χ0n) is 17.6. The highest BCUT2D eigenvalue weighted by Crippen LogP contribution is 2.32. The highest BCUT2D eigenvalue weighted by Gasteiger charge is 2.34. The monoisotopic (exact) mass is 433 g/mol. The van der Waals surface area contributed by atoms with Crippen molar-refractivity contribution < 1.29 is 14.4 Å². The summed E-state index contributed by atoms with van der Waals surface area (Å²) in [7, 11) is 0. The van der Waals surface area contributed by atoms with E-state index in [1.54, 1.807) is 24.3 Å². The Labute approximate surface area is 185 Å². The lowest BCUT2D eigenvalue weighted by Crippen LogP contribution is -2.37. The van der Waals surface area contributed by atoms with Crippen molar-refractivity contribution in [1.29, 1.82) is 5.26 Å². The SMILES string of the molecule is CC(C)(C)c1ccc(/C=C2\SC(=O)N(CCNC(=O)c3cccc(C#N)c3)C2=O)cc1. The van der Waals surface area contributed by atoms with E-state index in [4.69, 9.17) is 5.26 Å². The molecule has 2 aromatic carbocycles. The van der Waals surface area contributed by atoms with Gasteiger partial charge in [0.05, 0.1) is 16.5 Å². The number of imide groups is 1. The van der Waals surface area contributed by atoms with Crippen molar-refractivity contribution in [2.24, 2.45) is 0 Å². The van der Waals surface area contributed by atoms with E-state index >= 15 is 0 Å². The number of nitrogens with one attached hydrogen (secondary N) is 1. The van der Waals surface area contributed by atoms with Crippen LogP contribution in [-0.2, 0) is 10.2 Å². The van der Waals surface area contributed by atoms with Crippen LogP contribution in [0.4, 0.5) is 4.79 Å². The zero-order chi connectivity index (χ0) is 22.6. The highest BCUT2D eigenvalue weighted by molar-refractivity contribution is 8.18. The van der Waals surface area contributed by atoms with Crippen LogP contribution in [0.1, 0.15) is 47.8 Å². The second kappa shape index (κ2) is 9.19. The Morgan fingerprint density at radius 1 is 1.16 bits per heavy atom. The summed E-state index contributed by atoms with van der Waals surface area (Å²) in [5.41, 5.74) is 2.82. The van der Waals surface area contributed by atoms with Crippen molar-refractivity contribution in [1.82, 2.24) is 10.2 Å². The first-order valence-electron chi connectivity index (χ1n) is 9.83. The van der Waals surface area contributed by atoms with Crippen LogP contribution < -0.4 is 5.32 Å². The summed E-state index contributed by atoms with van der Waals surface area (Å²) in [6, 6.07) is 16.2. The summed E-state index contributed by atoms with van der Waals surface area (Å²) in [6.45, 7) is 6.60. The molecule has 1 saturated heterocycles. The molecule has 0 bridgehead atoms. The Morgan fingerprint density at radius 3 is 2.52 bits per heavy atom. The van der Waals surface area contributed by atoms with Crippen LogP contribution >= 0.6 is 11.8 Å². The molecule has 6 nitrogen and oxygen atoms in total. The lowest BCUT2D eigenvalue weighted by Gasteiger charge is -2.18. The number of rotatable bonds is 5. The van der Waals surface area contributed by atoms with Crippen LogP contribution in [0.3, 0.4) is 0 Å². The molecule has 0 aromatic heterocycles. The number of hydrogen-bond acceptors (Lipinski definition) is 5. The number of nitrogens with zero attached hydrogens (tertiary/aromatic N) is 2. The second-order valence-electron chi connectivity index (χ2n) is 8.15. The molecule has 1 N–H and O–H groups in total. The van der Waals surface area contributed by atoms with E-state index in [1.165, 1.54) is 11.6 Å². The molecule has 1 heterocycles. The minimum atomic E-state index is -0.365. The summed E-state index contributed by atoms with van der Waals surface area (Å²) in [5.74, 6) is -0.728. The molecule has 0 spiro atoms. The molecule has 3 amide bonds. The Balaban J connectivity index is 1.60. The van der Waals surface area contributed by atoms with Gasteiger partial charge in [0.25, 0.3) is 17.1 Å². The van der Waals surface area contributed by atoms with E-state index in [2.05, 4.69) is 26.1 Å². The molecular formula is C24H23N3O3S. The molecule has 1 aliphatic rings. The molecule has 2 aromatic rings. The van der Waals surface area contributed by atoms with Crippen LogP contribution in [0.2, 0.25) is 0 Å². The Morgan fingerprint density at radius 2 is 1.87 bits per heavy atom. The minimum absolute atomic E-state index is 0.0384. The van der Waals surface area contributed by atoms with Crippen molar-refractivity contribution in [3.63, 3.8) is 0 Å². The van der Waals surface area contributed by atoms with Crippen LogP contribution in [0, 0.1) is 11.3 Å². The molecule has 0 radical (unpaired) electrons. The van der Waals surface area contributed by atoms with E-state index < -0.39 is 0 Å². The van der Waals surface area contributed by atoms with Gasteiger partial charge in [-0.3, -0.25) is 19.3 Å². The van der Waals surface area contributed by atoms with Gasteiger partial charge in [0, 0.05) is 18.7 Å².